The van der Waals surface area contributed by atoms with Crippen LogP contribution in [0.25, 0.3) is 10.8 Å². The first kappa shape index (κ1) is 25.9. The van der Waals surface area contributed by atoms with Crippen LogP contribution < -0.4 is 4.72 Å². The number of amides is 3. The molecule has 1 N–H and O–H groups in total. The Hall–Kier alpha value is -2.69. The van der Waals surface area contributed by atoms with Crippen molar-refractivity contribution in [1.29, 1.82) is 0 Å². The lowest BCUT2D eigenvalue weighted by molar-refractivity contribution is -0.146. The molecule has 0 aliphatic carbocycles. The largest absolute Gasteiger partial charge is 0.342 e. The summed E-state index contributed by atoms with van der Waals surface area (Å²) < 4.78 is 28.8. The number of fused-ring (bicyclic) bond motifs is 3. The molecule has 0 radical (unpaired) electrons. The van der Waals surface area contributed by atoms with Gasteiger partial charge in [-0.25, -0.2) is 8.42 Å². The third kappa shape index (κ3) is 5.61. The third-order valence-corrected chi connectivity index (χ3v) is 9.32. The molecule has 3 heterocycles. The number of benzene rings is 2. The van der Waals surface area contributed by atoms with Gasteiger partial charge in [-0.3, -0.25) is 14.4 Å². The van der Waals surface area contributed by atoms with Crippen molar-refractivity contribution in [1.82, 2.24) is 19.4 Å². The smallest absolute Gasteiger partial charge is 0.242 e. The summed E-state index contributed by atoms with van der Waals surface area (Å²) in [7, 11) is -3.95. The topological polar surface area (TPSA) is 107 Å². The summed E-state index contributed by atoms with van der Waals surface area (Å²) in [5.74, 6) is 0.0478. The molecule has 5 rings (SSSR count). The summed E-state index contributed by atoms with van der Waals surface area (Å²) in [5, 5.41) is 2.11. The van der Waals surface area contributed by atoms with E-state index < -0.39 is 16.1 Å². The van der Waals surface area contributed by atoms with Crippen LogP contribution in [0.5, 0.6) is 0 Å². The van der Waals surface area contributed by atoms with E-state index in [4.69, 9.17) is 11.6 Å². The molecular weight excluding hydrogens is 516 g/mol. The second-order valence-electron chi connectivity index (χ2n) is 10.4. The van der Waals surface area contributed by atoms with E-state index in [1.807, 2.05) is 4.90 Å². The fraction of sp³-hybridized carbons (Fsp3) is 0.500. The Balaban J connectivity index is 1.22. The molecule has 198 valence electrons. The molecule has 3 saturated heterocycles. The van der Waals surface area contributed by atoms with Gasteiger partial charge in [0.25, 0.3) is 0 Å². The number of carbonyl (C=O) groups is 3. The quantitative estimate of drug-likeness (QED) is 0.618. The van der Waals surface area contributed by atoms with Crippen molar-refractivity contribution in [2.24, 2.45) is 11.8 Å². The van der Waals surface area contributed by atoms with Crippen LogP contribution in [0.4, 0.5) is 0 Å². The Labute approximate surface area is 221 Å². The summed E-state index contributed by atoms with van der Waals surface area (Å²) in [6.45, 7) is 4.39. The number of nitrogens with one attached hydrogen (secondary N) is 1. The highest BCUT2D eigenvalue weighted by Crippen LogP contribution is 2.29. The molecule has 2 aromatic rings. The number of carbonyl (C=O) groups excluding carboxylic acids is 3. The molecule has 3 atom stereocenters. The maximum atomic E-state index is 13.2. The van der Waals surface area contributed by atoms with E-state index in [1.54, 1.807) is 42.2 Å². The molecule has 9 nitrogen and oxygen atoms in total. The van der Waals surface area contributed by atoms with Gasteiger partial charge in [-0.2, -0.15) is 4.72 Å². The minimum atomic E-state index is -3.95. The van der Waals surface area contributed by atoms with Crippen LogP contribution in [0.2, 0.25) is 5.02 Å². The molecule has 2 unspecified atom stereocenters. The van der Waals surface area contributed by atoms with E-state index in [0.29, 0.717) is 50.6 Å². The second-order valence-corrected chi connectivity index (χ2v) is 12.6. The number of hydrogen-bond donors (Lipinski definition) is 1. The Bertz CT molecular complexity index is 1340. The van der Waals surface area contributed by atoms with Crippen LogP contribution in [-0.2, 0) is 24.4 Å². The van der Waals surface area contributed by atoms with Gasteiger partial charge in [0.05, 0.1) is 11.4 Å². The highest BCUT2D eigenvalue weighted by molar-refractivity contribution is 7.89. The first-order valence-corrected chi connectivity index (χ1v) is 14.5. The zero-order valence-electron chi connectivity index (χ0n) is 20.7. The predicted octanol–water partition coefficient (Wildman–Crippen LogP) is 2.09. The molecule has 37 heavy (non-hydrogen) atoms. The molecule has 3 fully saturated rings. The Morgan fingerprint density at radius 1 is 1.00 bits per heavy atom. The molecule has 3 aliphatic heterocycles. The van der Waals surface area contributed by atoms with Crippen molar-refractivity contribution in [2.75, 3.05) is 39.3 Å². The van der Waals surface area contributed by atoms with Crippen LogP contribution in [0.1, 0.15) is 26.2 Å². The van der Waals surface area contributed by atoms with E-state index in [2.05, 4.69) is 4.72 Å². The fourth-order valence-corrected chi connectivity index (χ4v) is 7.27. The van der Waals surface area contributed by atoms with Crippen LogP contribution in [0.15, 0.2) is 41.3 Å². The van der Waals surface area contributed by atoms with Gasteiger partial charge in [-0.1, -0.05) is 23.7 Å². The lowest BCUT2D eigenvalue weighted by Crippen LogP contribution is -2.58. The van der Waals surface area contributed by atoms with Gasteiger partial charge in [0, 0.05) is 44.7 Å². The number of rotatable bonds is 5. The Morgan fingerprint density at radius 2 is 1.65 bits per heavy atom. The molecule has 0 spiro atoms. The number of sulfonamides is 1. The Kier molecular flexibility index (Phi) is 7.17. The number of hydrogen-bond acceptors (Lipinski definition) is 5. The van der Waals surface area contributed by atoms with Crippen LogP contribution in [-0.4, -0.2) is 86.1 Å². The average molecular weight is 547 g/mol. The van der Waals surface area contributed by atoms with Crippen molar-refractivity contribution in [2.45, 2.75) is 37.1 Å². The van der Waals surface area contributed by atoms with E-state index in [1.165, 1.54) is 11.0 Å². The molecule has 2 bridgehead atoms. The minimum Gasteiger partial charge on any atom is -0.342 e. The number of halogens is 1. The molecule has 3 aliphatic rings. The number of piperidine rings is 3. The zero-order valence-corrected chi connectivity index (χ0v) is 22.3. The van der Waals surface area contributed by atoms with Gasteiger partial charge in [-0.05, 0) is 66.1 Å². The standard InChI is InChI=1S/C26H31ClN4O5S/c1-17(32)30-12-18-9-19(13-30)15-31(14-18)25(33)16-29-8-2-3-24(26(29)34)28-37(35,36)23-7-5-20-10-22(27)6-4-21(20)11-23/h4-7,10-11,18-19,24,28H,2-3,8-9,12-16H2,1H3/t18?,19?,24-/m0/s1. The first-order chi connectivity index (χ1) is 17.6. The van der Waals surface area contributed by atoms with Crippen molar-refractivity contribution in [3.8, 4) is 0 Å². The van der Waals surface area contributed by atoms with Crippen molar-refractivity contribution in [3.05, 3.63) is 41.4 Å². The normalized spacial score (nSPS) is 24.4. The minimum absolute atomic E-state index is 0.0648. The molecule has 2 aromatic carbocycles. The molecule has 0 aromatic heterocycles. The lowest BCUT2D eigenvalue weighted by atomic mass is 9.84. The fourth-order valence-electron chi connectivity index (χ4n) is 5.83. The van der Waals surface area contributed by atoms with Crippen LogP contribution >= 0.6 is 11.6 Å². The molecule has 3 amide bonds. The van der Waals surface area contributed by atoms with Gasteiger partial charge in [-0.15, -0.1) is 0 Å². The van der Waals surface area contributed by atoms with Crippen molar-refractivity contribution in [3.63, 3.8) is 0 Å². The number of nitrogens with zero attached hydrogens (tertiary/aromatic N) is 3. The predicted molar refractivity (Wildman–Crippen MR) is 139 cm³/mol. The third-order valence-electron chi connectivity index (χ3n) is 7.62. The highest BCUT2D eigenvalue weighted by Gasteiger charge is 2.38. The van der Waals surface area contributed by atoms with Crippen LogP contribution in [0, 0.1) is 11.8 Å². The summed E-state index contributed by atoms with van der Waals surface area (Å²) in [5.41, 5.74) is 0. The molecule has 11 heteroatoms. The summed E-state index contributed by atoms with van der Waals surface area (Å²) in [6, 6.07) is 9.03. The van der Waals surface area contributed by atoms with E-state index in [0.717, 1.165) is 17.2 Å². The zero-order chi connectivity index (χ0) is 26.3. The van der Waals surface area contributed by atoms with E-state index in [9.17, 15) is 22.8 Å². The summed E-state index contributed by atoms with van der Waals surface area (Å²) in [6.07, 6.45) is 1.98. The number of likely N-dealkylation sites (tertiary alicyclic amines) is 3. The van der Waals surface area contributed by atoms with E-state index >= 15 is 0 Å². The first-order valence-electron chi connectivity index (χ1n) is 12.6. The molecule has 0 saturated carbocycles. The summed E-state index contributed by atoms with van der Waals surface area (Å²) in [4.78, 5) is 43.3. The monoisotopic (exact) mass is 546 g/mol. The van der Waals surface area contributed by atoms with Crippen molar-refractivity contribution >= 4 is 50.1 Å². The second kappa shape index (κ2) is 10.2. The highest BCUT2D eigenvalue weighted by atomic mass is 35.5. The van der Waals surface area contributed by atoms with Crippen LogP contribution in [0.3, 0.4) is 0 Å². The Morgan fingerprint density at radius 3 is 2.35 bits per heavy atom. The average Bonchev–Trinajstić information content (AvgIpc) is 2.85. The van der Waals surface area contributed by atoms with Gasteiger partial charge in [0.15, 0.2) is 0 Å². The maximum Gasteiger partial charge on any atom is 0.242 e. The lowest BCUT2D eigenvalue weighted by Gasteiger charge is -2.46. The summed E-state index contributed by atoms with van der Waals surface area (Å²) >= 11 is 6.02. The van der Waals surface area contributed by atoms with Crippen molar-refractivity contribution < 1.29 is 22.8 Å². The molecular formula is C26H31ClN4O5S. The van der Waals surface area contributed by atoms with Gasteiger partial charge >= 0.3 is 0 Å². The van der Waals surface area contributed by atoms with E-state index in [-0.39, 0.29) is 41.0 Å². The van der Waals surface area contributed by atoms with Gasteiger partial charge < -0.3 is 14.7 Å². The SMILES string of the molecule is CC(=O)N1CC2CC(C1)CN(C(=O)CN1CCC[C@H](NS(=O)(=O)c3ccc4cc(Cl)ccc4c3)C1=O)C2. The maximum absolute atomic E-state index is 13.2. The van der Waals surface area contributed by atoms with Gasteiger partial charge in [0.2, 0.25) is 27.7 Å². The van der Waals surface area contributed by atoms with Gasteiger partial charge in [0.1, 0.15) is 6.04 Å².